The first-order valence-electron chi connectivity index (χ1n) is 6.12. The molecule has 4 N–H and O–H groups in total. The fourth-order valence-corrected chi connectivity index (χ4v) is 1.60. The molecule has 1 rings (SSSR count). The molecule has 18 heavy (non-hydrogen) atoms. The Labute approximate surface area is 109 Å². The van der Waals surface area contributed by atoms with E-state index in [-0.39, 0.29) is 0 Å². The molecular weight excluding hydrogens is 224 g/mol. The van der Waals surface area contributed by atoms with Crippen LogP contribution in [0.15, 0.2) is 36.2 Å². The Morgan fingerprint density at radius 1 is 1.39 bits per heavy atom. The van der Waals surface area contributed by atoms with Crippen LogP contribution in [0.25, 0.3) is 0 Å². The highest BCUT2D eigenvalue weighted by atomic mass is 15.1. The number of rotatable bonds is 5. The van der Waals surface area contributed by atoms with E-state index in [1.54, 1.807) is 11.0 Å². The zero-order valence-corrected chi connectivity index (χ0v) is 11.3. The number of nitrogens with zero attached hydrogens (tertiary/aromatic N) is 1. The zero-order chi connectivity index (χ0) is 13.5. The molecule has 0 aliphatic rings. The minimum Gasteiger partial charge on any atom is -0.385 e. The van der Waals surface area contributed by atoms with Crippen LogP contribution < -0.4 is 11.1 Å². The molecular formula is C14H22N4. The molecule has 0 aliphatic heterocycles. The fraction of sp³-hybridized carbons (Fsp3) is 0.357. The van der Waals surface area contributed by atoms with Crippen LogP contribution in [0.3, 0.4) is 0 Å². The number of aryl methyl sites for hydroxylation is 1. The highest BCUT2D eigenvalue weighted by molar-refractivity contribution is 5.90. The number of likely N-dealkylation sites (N-methyl/N-ethyl adjacent to an activating group) is 1. The molecule has 0 atom stereocenters. The summed E-state index contributed by atoms with van der Waals surface area (Å²) in [7, 11) is 3.63. The Kier molecular flexibility index (Phi) is 5.24. The fourth-order valence-electron chi connectivity index (χ4n) is 1.60. The number of hydrogen-bond donors (Lipinski definition) is 3. The van der Waals surface area contributed by atoms with Crippen molar-refractivity contribution in [3.63, 3.8) is 0 Å². The van der Waals surface area contributed by atoms with Crippen molar-refractivity contribution in [2.45, 2.75) is 19.8 Å². The Bertz CT molecular complexity index is 435. The second-order valence-electron chi connectivity index (χ2n) is 4.41. The Morgan fingerprint density at radius 2 is 2.06 bits per heavy atom. The van der Waals surface area contributed by atoms with Gasteiger partial charge in [-0.1, -0.05) is 31.5 Å². The van der Waals surface area contributed by atoms with E-state index < -0.39 is 0 Å². The maximum Gasteiger partial charge on any atom is 0.123 e. The molecule has 0 aromatic heterocycles. The first kappa shape index (κ1) is 14.1. The average molecular weight is 246 g/mol. The minimum absolute atomic E-state index is 0.368. The summed E-state index contributed by atoms with van der Waals surface area (Å²) in [5, 5.41) is 10.9. The number of anilines is 1. The first-order valence-corrected chi connectivity index (χ1v) is 6.12. The summed E-state index contributed by atoms with van der Waals surface area (Å²) in [4.78, 5) is 1.70. The molecule has 0 amide bonds. The third kappa shape index (κ3) is 4.13. The zero-order valence-electron chi connectivity index (χ0n) is 11.3. The molecule has 4 heteroatoms. The predicted molar refractivity (Wildman–Crippen MR) is 77.7 cm³/mol. The van der Waals surface area contributed by atoms with Gasteiger partial charge in [-0.25, -0.2) is 0 Å². The van der Waals surface area contributed by atoms with E-state index in [1.165, 1.54) is 5.56 Å². The highest BCUT2D eigenvalue weighted by Crippen LogP contribution is 2.17. The van der Waals surface area contributed by atoms with Crippen LogP contribution in [0.2, 0.25) is 0 Å². The van der Waals surface area contributed by atoms with Gasteiger partial charge in [0.05, 0.1) is 0 Å². The van der Waals surface area contributed by atoms with Crippen molar-refractivity contribution in [2.24, 2.45) is 5.73 Å². The monoisotopic (exact) mass is 246 g/mol. The van der Waals surface area contributed by atoms with Crippen LogP contribution in [0.1, 0.15) is 18.9 Å². The molecule has 0 aliphatic carbocycles. The lowest BCUT2D eigenvalue weighted by Crippen LogP contribution is -2.21. The van der Waals surface area contributed by atoms with E-state index in [2.05, 4.69) is 18.3 Å². The second kappa shape index (κ2) is 6.69. The molecule has 98 valence electrons. The van der Waals surface area contributed by atoms with Crippen LogP contribution in [0.5, 0.6) is 0 Å². The Hall–Kier alpha value is -1.97. The Morgan fingerprint density at radius 3 is 2.67 bits per heavy atom. The summed E-state index contributed by atoms with van der Waals surface area (Å²) >= 11 is 0. The van der Waals surface area contributed by atoms with Gasteiger partial charge in [0.25, 0.3) is 0 Å². The largest absolute Gasteiger partial charge is 0.385 e. The lowest BCUT2D eigenvalue weighted by molar-refractivity contribution is 0.621. The van der Waals surface area contributed by atoms with Crippen molar-refractivity contribution in [1.82, 2.24) is 4.90 Å². The van der Waals surface area contributed by atoms with Gasteiger partial charge in [-0.2, -0.15) is 0 Å². The molecule has 0 saturated carbocycles. The van der Waals surface area contributed by atoms with Gasteiger partial charge in [0.2, 0.25) is 0 Å². The maximum atomic E-state index is 7.70. The van der Waals surface area contributed by atoms with E-state index >= 15 is 0 Å². The molecule has 0 radical (unpaired) electrons. The molecule has 1 aromatic rings. The van der Waals surface area contributed by atoms with Crippen molar-refractivity contribution in [3.8, 4) is 0 Å². The summed E-state index contributed by atoms with van der Waals surface area (Å²) < 4.78 is 0. The Balaban J connectivity index is 2.81. The van der Waals surface area contributed by atoms with Crippen LogP contribution in [0.4, 0.5) is 5.69 Å². The maximum absolute atomic E-state index is 7.70. The number of benzene rings is 1. The standard InChI is InChI=1S/C14H22N4/c1-4-7-11-8-5-6-9-12(11)17-13(15)10-14(16)18(2)3/h5-6,8-10,16-17H,4,7,15H2,1-3H3/b13-10+,16-14?. The van der Waals surface area contributed by atoms with Gasteiger partial charge in [0.1, 0.15) is 11.7 Å². The summed E-state index contributed by atoms with van der Waals surface area (Å²) in [6.07, 6.45) is 3.72. The number of nitrogens with one attached hydrogen (secondary N) is 2. The molecule has 0 saturated heterocycles. The van der Waals surface area contributed by atoms with Gasteiger partial charge in [0, 0.05) is 25.9 Å². The molecule has 1 aromatic carbocycles. The van der Waals surface area contributed by atoms with Gasteiger partial charge in [0.15, 0.2) is 0 Å². The smallest absolute Gasteiger partial charge is 0.123 e. The van der Waals surface area contributed by atoms with E-state index in [9.17, 15) is 0 Å². The van der Waals surface area contributed by atoms with Crippen molar-refractivity contribution >= 4 is 11.5 Å². The van der Waals surface area contributed by atoms with E-state index in [0.29, 0.717) is 11.7 Å². The van der Waals surface area contributed by atoms with E-state index in [4.69, 9.17) is 11.1 Å². The van der Waals surface area contributed by atoms with Crippen LogP contribution in [-0.2, 0) is 6.42 Å². The van der Waals surface area contributed by atoms with Crippen molar-refractivity contribution < 1.29 is 0 Å². The van der Waals surface area contributed by atoms with E-state index in [0.717, 1.165) is 18.5 Å². The van der Waals surface area contributed by atoms with Crippen molar-refractivity contribution in [2.75, 3.05) is 19.4 Å². The van der Waals surface area contributed by atoms with Crippen LogP contribution >= 0.6 is 0 Å². The van der Waals surface area contributed by atoms with Crippen molar-refractivity contribution in [3.05, 3.63) is 41.7 Å². The minimum atomic E-state index is 0.368. The quantitative estimate of drug-likeness (QED) is 0.552. The molecule has 0 unspecified atom stereocenters. The van der Waals surface area contributed by atoms with Gasteiger partial charge >= 0.3 is 0 Å². The summed E-state index contributed by atoms with van der Waals surface area (Å²) in [6.45, 7) is 2.15. The lowest BCUT2D eigenvalue weighted by Gasteiger charge is -2.14. The van der Waals surface area contributed by atoms with Crippen molar-refractivity contribution in [1.29, 1.82) is 5.41 Å². The molecule has 0 fully saturated rings. The summed E-state index contributed by atoms with van der Waals surface area (Å²) in [5.41, 5.74) is 8.15. The van der Waals surface area contributed by atoms with Gasteiger partial charge in [-0.3, -0.25) is 5.41 Å². The van der Waals surface area contributed by atoms with Crippen LogP contribution in [0, 0.1) is 5.41 Å². The third-order valence-electron chi connectivity index (χ3n) is 2.59. The van der Waals surface area contributed by atoms with Gasteiger partial charge in [-0.15, -0.1) is 0 Å². The lowest BCUT2D eigenvalue weighted by atomic mass is 10.1. The SMILES string of the molecule is CCCc1ccccc1N/C(N)=C/C(=N)N(C)C. The van der Waals surface area contributed by atoms with E-state index in [1.807, 2.05) is 32.3 Å². The predicted octanol–water partition coefficient (Wildman–Crippen LogP) is 2.39. The van der Waals surface area contributed by atoms with Crippen LogP contribution in [-0.4, -0.2) is 24.8 Å². The average Bonchev–Trinajstić information content (AvgIpc) is 2.31. The number of para-hydroxylation sites is 1. The topological polar surface area (TPSA) is 65.1 Å². The normalized spacial score (nSPS) is 11.2. The summed E-state index contributed by atoms with van der Waals surface area (Å²) in [6, 6.07) is 8.10. The second-order valence-corrected chi connectivity index (χ2v) is 4.41. The summed E-state index contributed by atoms with van der Waals surface area (Å²) in [5.74, 6) is 0.852. The molecule has 0 heterocycles. The highest BCUT2D eigenvalue weighted by Gasteiger charge is 2.02. The number of hydrogen-bond acceptors (Lipinski definition) is 3. The van der Waals surface area contributed by atoms with Gasteiger partial charge < -0.3 is 16.0 Å². The molecule has 0 bridgehead atoms. The molecule has 4 nitrogen and oxygen atoms in total. The molecule has 0 spiro atoms. The number of amidine groups is 1. The third-order valence-corrected chi connectivity index (χ3v) is 2.59. The van der Waals surface area contributed by atoms with Gasteiger partial charge in [-0.05, 0) is 18.1 Å². The first-order chi connectivity index (χ1) is 8.54. The number of nitrogens with two attached hydrogens (primary N) is 1.